The summed E-state index contributed by atoms with van der Waals surface area (Å²) in [5.41, 5.74) is 8.04. The molecule has 88 valence electrons. The molecule has 1 aromatic rings. The first-order valence-electron chi connectivity index (χ1n) is 6.43. The zero-order chi connectivity index (χ0) is 11.4. The summed E-state index contributed by atoms with van der Waals surface area (Å²) in [6.07, 6.45) is 6.60. The van der Waals surface area contributed by atoms with E-state index in [0.29, 0.717) is 0 Å². The van der Waals surface area contributed by atoms with Crippen molar-refractivity contribution in [2.24, 2.45) is 0 Å². The van der Waals surface area contributed by atoms with E-state index in [1.807, 2.05) is 6.07 Å². The topological polar surface area (TPSA) is 29.3 Å². The second kappa shape index (κ2) is 5.24. The van der Waals surface area contributed by atoms with Crippen LogP contribution in [0, 0.1) is 0 Å². The van der Waals surface area contributed by atoms with Gasteiger partial charge in [-0.05, 0) is 43.9 Å². The Labute approximate surface area is 98.4 Å². The lowest BCUT2D eigenvalue weighted by molar-refractivity contribution is 0.435. The Morgan fingerprint density at radius 1 is 1.38 bits per heavy atom. The zero-order valence-electron chi connectivity index (χ0n) is 10.2. The Kier molecular flexibility index (Phi) is 3.70. The van der Waals surface area contributed by atoms with Crippen molar-refractivity contribution in [3.8, 4) is 0 Å². The summed E-state index contributed by atoms with van der Waals surface area (Å²) >= 11 is 0. The van der Waals surface area contributed by atoms with E-state index < -0.39 is 0 Å². The summed E-state index contributed by atoms with van der Waals surface area (Å²) in [6.45, 7) is 3.46. The van der Waals surface area contributed by atoms with E-state index in [1.54, 1.807) is 0 Å². The summed E-state index contributed by atoms with van der Waals surface area (Å²) in [4.78, 5) is 2.54. The fraction of sp³-hybridized carbons (Fsp3) is 0.571. The number of anilines is 2. The number of piperidine rings is 1. The van der Waals surface area contributed by atoms with Crippen LogP contribution in [0.15, 0.2) is 24.3 Å². The predicted molar refractivity (Wildman–Crippen MR) is 70.7 cm³/mol. The molecule has 2 nitrogen and oxygen atoms in total. The molecule has 0 spiro atoms. The molecule has 1 aliphatic rings. The number of hydrogen-bond acceptors (Lipinski definition) is 2. The van der Waals surface area contributed by atoms with Crippen LogP contribution in [-0.4, -0.2) is 12.6 Å². The minimum atomic E-state index is 0.723. The Morgan fingerprint density at radius 3 is 3.00 bits per heavy atom. The SMILES string of the molecule is CCCC1CCCCN1c1cccc(N)c1. The standard InChI is InChI=1S/C14H22N2/c1-2-6-13-8-3-4-10-16(13)14-9-5-7-12(15)11-14/h5,7,9,11,13H,2-4,6,8,10,15H2,1H3. The smallest absolute Gasteiger partial charge is 0.0389 e. The van der Waals surface area contributed by atoms with Gasteiger partial charge in [0.1, 0.15) is 0 Å². The maximum Gasteiger partial charge on any atom is 0.0389 e. The molecule has 2 heteroatoms. The van der Waals surface area contributed by atoms with Crippen LogP contribution in [0.3, 0.4) is 0 Å². The molecule has 0 saturated carbocycles. The highest BCUT2D eigenvalue weighted by Gasteiger charge is 2.21. The van der Waals surface area contributed by atoms with E-state index in [4.69, 9.17) is 5.73 Å². The van der Waals surface area contributed by atoms with Crippen LogP contribution in [0.5, 0.6) is 0 Å². The average Bonchev–Trinajstić information content (AvgIpc) is 2.30. The first kappa shape index (κ1) is 11.3. The number of nitrogen functional groups attached to an aromatic ring is 1. The highest BCUT2D eigenvalue weighted by molar-refractivity contribution is 5.56. The van der Waals surface area contributed by atoms with Crippen molar-refractivity contribution >= 4 is 11.4 Å². The number of benzene rings is 1. The van der Waals surface area contributed by atoms with Crippen molar-refractivity contribution in [1.29, 1.82) is 0 Å². The van der Waals surface area contributed by atoms with Gasteiger partial charge in [0.05, 0.1) is 0 Å². The number of rotatable bonds is 3. The summed E-state index contributed by atoms with van der Waals surface area (Å²) in [5.74, 6) is 0. The molecular formula is C14H22N2. The molecule has 1 aromatic carbocycles. The molecule has 2 rings (SSSR count). The maximum absolute atomic E-state index is 5.86. The summed E-state index contributed by atoms with van der Waals surface area (Å²) in [5, 5.41) is 0. The second-order valence-corrected chi connectivity index (χ2v) is 4.73. The van der Waals surface area contributed by atoms with Gasteiger partial charge in [-0.2, -0.15) is 0 Å². The Hall–Kier alpha value is -1.18. The maximum atomic E-state index is 5.86. The molecule has 0 aliphatic carbocycles. The van der Waals surface area contributed by atoms with Crippen LogP contribution in [-0.2, 0) is 0 Å². The van der Waals surface area contributed by atoms with Gasteiger partial charge in [-0.3, -0.25) is 0 Å². The van der Waals surface area contributed by atoms with Crippen LogP contribution in [0.4, 0.5) is 11.4 Å². The number of nitrogens with two attached hydrogens (primary N) is 1. The molecule has 2 N–H and O–H groups in total. The predicted octanol–water partition coefficient (Wildman–Crippen LogP) is 3.43. The highest BCUT2D eigenvalue weighted by atomic mass is 15.2. The van der Waals surface area contributed by atoms with Crippen molar-refractivity contribution < 1.29 is 0 Å². The zero-order valence-corrected chi connectivity index (χ0v) is 10.2. The lowest BCUT2D eigenvalue weighted by atomic mass is 9.97. The van der Waals surface area contributed by atoms with Gasteiger partial charge in [0.25, 0.3) is 0 Å². The lowest BCUT2D eigenvalue weighted by Crippen LogP contribution is -2.39. The third kappa shape index (κ3) is 2.49. The molecule has 0 amide bonds. The minimum Gasteiger partial charge on any atom is -0.399 e. The largest absolute Gasteiger partial charge is 0.399 e. The van der Waals surface area contributed by atoms with Crippen molar-refractivity contribution in [3.63, 3.8) is 0 Å². The molecule has 1 fully saturated rings. The first-order valence-corrected chi connectivity index (χ1v) is 6.43. The van der Waals surface area contributed by atoms with Gasteiger partial charge < -0.3 is 10.6 Å². The van der Waals surface area contributed by atoms with Crippen molar-refractivity contribution in [2.75, 3.05) is 17.2 Å². The molecule has 16 heavy (non-hydrogen) atoms. The first-order chi connectivity index (χ1) is 7.81. The van der Waals surface area contributed by atoms with Crippen LogP contribution < -0.4 is 10.6 Å². The Morgan fingerprint density at radius 2 is 2.25 bits per heavy atom. The van der Waals surface area contributed by atoms with Gasteiger partial charge in [0.2, 0.25) is 0 Å². The second-order valence-electron chi connectivity index (χ2n) is 4.73. The molecule has 1 atom stereocenters. The fourth-order valence-corrected chi connectivity index (χ4v) is 2.68. The Bertz CT molecular complexity index is 333. The van der Waals surface area contributed by atoms with Crippen LogP contribution in [0.1, 0.15) is 39.0 Å². The number of nitrogens with zero attached hydrogens (tertiary/aromatic N) is 1. The third-order valence-corrected chi connectivity index (χ3v) is 3.45. The molecule has 0 bridgehead atoms. The number of hydrogen-bond donors (Lipinski definition) is 1. The molecule has 1 saturated heterocycles. The molecule has 0 radical (unpaired) electrons. The van der Waals surface area contributed by atoms with E-state index in [1.165, 1.54) is 44.3 Å². The molecule has 1 unspecified atom stereocenters. The monoisotopic (exact) mass is 218 g/mol. The van der Waals surface area contributed by atoms with Gasteiger partial charge in [-0.25, -0.2) is 0 Å². The van der Waals surface area contributed by atoms with Crippen LogP contribution in [0.2, 0.25) is 0 Å². The van der Waals surface area contributed by atoms with E-state index in [-0.39, 0.29) is 0 Å². The fourth-order valence-electron chi connectivity index (χ4n) is 2.68. The van der Waals surface area contributed by atoms with Gasteiger partial charge in [-0.15, -0.1) is 0 Å². The summed E-state index contributed by atoms with van der Waals surface area (Å²) in [6, 6.07) is 9.03. The van der Waals surface area contributed by atoms with Crippen molar-refractivity contribution in [3.05, 3.63) is 24.3 Å². The van der Waals surface area contributed by atoms with Gasteiger partial charge in [0.15, 0.2) is 0 Å². The third-order valence-electron chi connectivity index (χ3n) is 3.45. The van der Waals surface area contributed by atoms with E-state index in [0.717, 1.165) is 11.7 Å². The van der Waals surface area contributed by atoms with E-state index in [9.17, 15) is 0 Å². The van der Waals surface area contributed by atoms with Crippen molar-refractivity contribution in [1.82, 2.24) is 0 Å². The quantitative estimate of drug-likeness (QED) is 0.788. The Balaban J connectivity index is 2.16. The average molecular weight is 218 g/mol. The summed E-state index contributed by atoms with van der Waals surface area (Å²) < 4.78 is 0. The van der Waals surface area contributed by atoms with Crippen LogP contribution >= 0.6 is 0 Å². The van der Waals surface area contributed by atoms with Gasteiger partial charge in [0, 0.05) is 24.0 Å². The van der Waals surface area contributed by atoms with E-state index in [2.05, 4.69) is 30.0 Å². The molecule has 0 aromatic heterocycles. The highest BCUT2D eigenvalue weighted by Crippen LogP contribution is 2.28. The van der Waals surface area contributed by atoms with Crippen molar-refractivity contribution in [2.45, 2.75) is 45.1 Å². The van der Waals surface area contributed by atoms with Crippen LogP contribution in [0.25, 0.3) is 0 Å². The van der Waals surface area contributed by atoms with Gasteiger partial charge in [-0.1, -0.05) is 19.4 Å². The normalized spacial score (nSPS) is 21.1. The minimum absolute atomic E-state index is 0.723. The summed E-state index contributed by atoms with van der Waals surface area (Å²) in [7, 11) is 0. The van der Waals surface area contributed by atoms with Gasteiger partial charge >= 0.3 is 0 Å². The lowest BCUT2D eigenvalue weighted by Gasteiger charge is -2.37. The molecule has 1 aliphatic heterocycles. The van der Waals surface area contributed by atoms with E-state index >= 15 is 0 Å². The molecular weight excluding hydrogens is 196 g/mol. The molecule has 1 heterocycles.